The van der Waals surface area contributed by atoms with E-state index in [4.69, 9.17) is 0 Å². The predicted molar refractivity (Wildman–Crippen MR) is 116 cm³/mol. The highest BCUT2D eigenvalue weighted by Crippen LogP contribution is 2.33. The van der Waals surface area contributed by atoms with Crippen molar-refractivity contribution in [3.63, 3.8) is 0 Å². The van der Waals surface area contributed by atoms with Gasteiger partial charge in [-0.25, -0.2) is 14.1 Å². The molecule has 0 radical (unpaired) electrons. The second kappa shape index (κ2) is 8.08. The lowest BCUT2D eigenvalue weighted by Gasteiger charge is -2.34. The van der Waals surface area contributed by atoms with E-state index in [1.165, 1.54) is 30.1 Å². The number of thioether (sulfide) groups is 1. The molecule has 1 fully saturated rings. The quantitative estimate of drug-likeness (QED) is 0.575. The highest BCUT2D eigenvalue weighted by Gasteiger charge is 2.31. The van der Waals surface area contributed by atoms with E-state index in [-0.39, 0.29) is 23.3 Å². The van der Waals surface area contributed by atoms with Gasteiger partial charge in [0.15, 0.2) is 10.8 Å². The summed E-state index contributed by atoms with van der Waals surface area (Å²) in [5, 5.41) is 5.29. The number of hydrogen-bond acceptors (Lipinski definition) is 6. The molecule has 0 spiro atoms. The average Bonchev–Trinajstić information content (AvgIpc) is 3.39. The zero-order chi connectivity index (χ0) is 21.5. The first kappa shape index (κ1) is 20.2. The molecule has 1 unspecified atom stereocenters. The van der Waals surface area contributed by atoms with Crippen molar-refractivity contribution in [2.45, 2.75) is 24.5 Å². The monoisotopic (exact) mass is 442 g/mol. The summed E-state index contributed by atoms with van der Waals surface area (Å²) >= 11 is 1.48. The molecule has 31 heavy (non-hydrogen) atoms. The molecule has 4 heterocycles. The molecular formula is C21H23FN6O2S. The zero-order valence-corrected chi connectivity index (χ0v) is 18.0. The smallest absolute Gasteiger partial charge is 0.265 e. The summed E-state index contributed by atoms with van der Waals surface area (Å²) in [6.45, 7) is 6.37. The first-order valence-corrected chi connectivity index (χ1v) is 11.4. The molecule has 1 saturated heterocycles. The van der Waals surface area contributed by atoms with E-state index in [2.05, 4.69) is 21.9 Å². The molecule has 0 aliphatic carbocycles. The van der Waals surface area contributed by atoms with Crippen LogP contribution in [0.4, 0.5) is 4.39 Å². The summed E-state index contributed by atoms with van der Waals surface area (Å²) in [5.74, 6) is 0.385. The van der Waals surface area contributed by atoms with Crippen LogP contribution in [-0.2, 0) is 4.79 Å². The van der Waals surface area contributed by atoms with Crippen LogP contribution in [0.15, 0.2) is 40.4 Å². The van der Waals surface area contributed by atoms with E-state index in [1.54, 1.807) is 21.4 Å². The van der Waals surface area contributed by atoms with Crippen LogP contribution in [0.1, 0.15) is 19.4 Å². The van der Waals surface area contributed by atoms with Crippen molar-refractivity contribution in [1.29, 1.82) is 0 Å². The van der Waals surface area contributed by atoms with Gasteiger partial charge in [-0.3, -0.25) is 14.2 Å². The van der Waals surface area contributed by atoms with Crippen LogP contribution in [-0.4, -0.2) is 73.5 Å². The lowest BCUT2D eigenvalue weighted by atomic mass is 10.2. The molecule has 5 rings (SSSR count). The number of fused-ring (bicyclic) bond motifs is 2. The second-order valence-corrected chi connectivity index (χ2v) is 8.81. The summed E-state index contributed by atoms with van der Waals surface area (Å²) in [5.41, 5.74) is 0.888. The Labute approximate surface area is 182 Å². The van der Waals surface area contributed by atoms with Gasteiger partial charge in [-0.05, 0) is 30.8 Å². The molecule has 2 aliphatic heterocycles. The molecular weight excluding hydrogens is 419 g/mol. The Hall–Kier alpha value is -2.72. The van der Waals surface area contributed by atoms with Crippen LogP contribution >= 0.6 is 11.8 Å². The molecule has 3 aromatic rings. The first-order valence-electron chi connectivity index (χ1n) is 10.4. The van der Waals surface area contributed by atoms with Crippen molar-refractivity contribution < 1.29 is 9.18 Å². The molecule has 0 N–H and O–H groups in total. The van der Waals surface area contributed by atoms with Gasteiger partial charge in [-0.2, -0.15) is 5.10 Å². The third kappa shape index (κ3) is 3.63. The molecule has 2 aromatic heterocycles. The maximum atomic E-state index is 13.3. The van der Waals surface area contributed by atoms with Gasteiger partial charge in [0.1, 0.15) is 11.2 Å². The van der Waals surface area contributed by atoms with Crippen molar-refractivity contribution in [2.75, 3.05) is 38.5 Å². The van der Waals surface area contributed by atoms with Crippen molar-refractivity contribution in [3.05, 3.63) is 46.6 Å². The Morgan fingerprint density at radius 3 is 2.65 bits per heavy atom. The maximum Gasteiger partial charge on any atom is 0.265 e. The van der Waals surface area contributed by atoms with Gasteiger partial charge >= 0.3 is 0 Å². The van der Waals surface area contributed by atoms with E-state index in [0.717, 1.165) is 32.7 Å². The Morgan fingerprint density at radius 1 is 1.19 bits per heavy atom. The van der Waals surface area contributed by atoms with Crippen LogP contribution in [0.5, 0.6) is 0 Å². The fourth-order valence-electron chi connectivity index (χ4n) is 4.20. The SMILES string of the molecule is CCN1CCN(C(=O)CC2CSc3nc4c(cnn4-c4ccc(F)cc4)c(=O)n32)CC1. The fraction of sp³-hybridized carbons (Fsp3) is 0.429. The van der Waals surface area contributed by atoms with Crippen LogP contribution < -0.4 is 5.56 Å². The zero-order valence-electron chi connectivity index (χ0n) is 17.2. The number of likely N-dealkylation sites (N-methyl/N-ethyl adjacent to an activating group) is 1. The van der Waals surface area contributed by atoms with Gasteiger partial charge in [0, 0.05) is 38.4 Å². The maximum absolute atomic E-state index is 13.3. The predicted octanol–water partition coefficient (Wildman–Crippen LogP) is 1.92. The summed E-state index contributed by atoms with van der Waals surface area (Å²) in [4.78, 5) is 35.0. The van der Waals surface area contributed by atoms with Gasteiger partial charge in [0.25, 0.3) is 5.56 Å². The normalized spacial score (nSPS) is 19.2. The molecule has 1 amide bonds. The first-order chi connectivity index (χ1) is 15.0. The second-order valence-electron chi connectivity index (χ2n) is 7.82. The topological polar surface area (TPSA) is 76.3 Å². The van der Waals surface area contributed by atoms with Gasteiger partial charge in [-0.1, -0.05) is 18.7 Å². The number of halogens is 1. The number of rotatable bonds is 4. The molecule has 1 aromatic carbocycles. The van der Waals surface area contributed by atoms with Gasteiger partial charge in [0.05, 0.1) is 17.9 Å². The lowest BCUT2D eigenvalue weighted by molar-refractivity contribution is -0.133. The summed E-state index contributed by atoms with van der Waals surface area (Å²) in [6.07, 6.45) is 1.79. The van der Waals surface area contributed by atoms with E-state index in [0.29, 0.717) is 34.1 Å². The molecule has 0 saturated carbocycles. The largest absolute Gasteiger partial charge is 0.340 e. The van der Waals surface area contributed by atoms with E-state index in [9.17, 15) is 14.0 Å². The highest BCUT2D eigenvalue weighted by atomic mass is 32.2. The van der Waals surface area contributed by atoms with Gasteiger partial charge < -0.3 is 9.80 Å². The molecule has 8 nitrogen and oxygen atoms in total. The van der Waals surface area contributed by atoms with Crippen LogP contribution in [0.3, 0.4) is 0 Å². The number of amides is 1. The van der Waals surface area contributed by atoms with Gasteiger partial charge in [0.2, 0.25) is 5.91 Å². The Balaban J connectivity index is 1.41. The molecule has 162 valence electrons. The minimum atomic E-state index is -0.340. The van der Waals surface area contributed by atoms with E-state index in [1.807, 2.05) is 4.90 Å². The Bertz CT molecular complexity index is 1180. The number of aromatic nitrogens is 4. The minimum absolute atomic E-state index is 0.0863. The van der Waals surface area contributed by atoms with Crippen LogP contribution in [0, 0.1) is 5.82 Å². The summed E-state index contributed by atoms with van der Waals surface area (Å²) in [7, 11) is 0. The van der Waals surface area contributed by atoms with Crippen molar-refractivity contribution >= 4 is 28.7 Å². The van der Waals surface area contributed by atoms with Crippen LogP contribution in [0.2, 0.25) is 0 Å². The van der Waals surface area contributed by atoms with Crippen molar-refractivity contribution in [2.24, 2.45) is 0 Å². The van der Waals surface area contributed by atoms with Crippen molar-refractivity contribution in [3.8, 4) is 5.69 Å². The summed E-state index contributed by atoms with van der Waals surface area (Å²) in [6, 6.07) is 5.68. The lowest BCUT2D eigenvalue weighted by Crippen LogP contribution is -2.49. The van der Waals surface area contributed by atoms with Gasteiger partial charge in [-0.15, -0.1) is 0 Å². The number of benzene rings is 1. The van der Waals surface area contributed by atoms with Crippen LogP contribution in [0.25, 0.3) is 16.7 Å². The Morgan fingerprint density at radius 2 is 1.94 bits per heavy atom. The highest BCUT2D eigenvalue weighted by molar-refractivity contribution is 7.99. The molecule has 1 atom stereocenters. The third-order valence-electron chi connectivity index (χ3n) is 6.02. The van der Waals surface area contributed by atoms with Crippen molar-refractivity contribution in [1.82, 2.24) is 29.1 Å². The molecule has 10 heteroatoms. The standard InChI is InChI=1S/C21H23FN6O2S/c1-2-25-7-9-26(10-8-25)18(29)11-16-13-31-21-24-19-17(20(30)27(16)21)12-23-28(19)15-5-3-14(22)4-6-15/h3-6,12,16H,2,7-11,13H2,1H3. The number of carbonyl (C=O) groups excluding carboxylic acids is 1. The average molecular weight is 443 g/mol. The third-order valence-corrected chi connectivity index (χ3v) is 7.12. The summed E-state index contributed by atoms with van der Waals surface area (Å²) < 4.78 is 16.5. The molecule has 0 bridgehead atoms. The van der Waals surface area contributed by atoms with E-state index >= 15 is 0 Å². The van der Waals surface area contributed by atoms with E-state index < -0.39 is 0 Å². The minimum Gasteiger partial charge on any atom is -0.340 e. The number of hydrogen-bond donors (Lipinski definition) is 0. The number of nitrogens with zero attached hydrogens (tertiary/aromatic N) is 6. The number of carbonyl (C=O) groups is 1. The number of piperazine rings is 1. The molecule has 2 aliphatic rings. The Kier molecular flexibility index (Phi) is 5.27. The fourth-order valence-corrected chi connectivity index (χ4v) is 5.33.